The number of hydrogen-bond donors (Lipinski definition) is 1. The summed E-state index contributed by atoms with van der Waals surface area (Å²) in [5, 5.41) is 8.80. The lowest BCUT2D eigenvalue weighted by atomic mass is 9.99. The molecule has 0 aliphatic rings. The molecule has 0 spiro atoms. The number of carboxylic acid groups (broad SMARTS) is 1. The van der Waals surface area contributed by atoms with Gasteiger partial charge in [0.05, 0.1) is 5.92 Å². The van der Waals surface area contributed by atoms with E-state index in [1.54, 1.807) is 6.92 Å². The molecule has 1 rings (SSSR count). The summed E-state index contributed by atoms with van der Waals surface area (Å²) in [6.45, 7) is 3.77. The molecule has 0 bridgehead atoms. The number of aryl methyl sites for hydroxylation is 1. The van der Waals surface area contributed by atoms with Gasteiger partial charge in [-0.15, -0.1) is 0 Å². The zero-order chi connectivity index (χ0) is 9.84. The van der Waals surface area contributed by atoms with Crippen LogP contribution in [0, 0.1) is 0 Å². The van der Waals surface area contributed by atoms with E-state index in [0.717, 1.165) is 12.0 Å². The molecule has 13 heavy (non-hydrogen) atoms. The molecule has 70 valence electrons. The third-order valence-corrected chi connectivity index (χ3v) is 2.23. The van der Waals surface area contributed by atoms with Crippen molar-refractivity contribution in [3.63, 3.8) is 0 Å². The SMILES string of the molecule is CCc1cccc([C@@H](C)C(=O)O)c1. The van der Waals surface area contributed by atoms with Gasteiger partial charge in [0.1, 0.15) is 0 Å². The summed E-state index contributed by atoms with van der Waals surface area (Å²) in [6.07, 6.45) is 0.945. The average Bonchev–Trinajstić information content (AvgIpc) is 2.16. The Morgan fingerprint density at radius 1 is 1.54 bits per heavy atom. The van der Waals surface area contributed by atoms with Crippen LogP contribution >= 0.6 is 0 Å². The van der Waals surface area contributed by atoms with Gasteiger partial charge in [0.2, 0.25) is 0 Å². The second-order valence-corrected chi connectivity index (χ2v) is 3.16. The van der Waals surface area contributed by atoms with E-state index >= 15 is 0 Å². The first-order valence-electron chi connectivity index (χ1n) is 4.46. The van der Waals surface area contributed by atoms with Gasteiger partial charge in [0, 0.05) is 0 Å². The third-order valence-electron chi connectivity index (χ3n) is 2.23. The van der Waals surface area contributed by atoms with Crippen LogP contribution in [0.4, 0.5) is 0 Å². The molecule has 0 aliphatic carbocycles. The maximum Gasteiger partial charge on any atom is 0.310 e. The average molecular weight is 178 g/mol. The molecule has 0 unspecified atom stereocenters. The lowest BCUT2D eigenvalue weighted by Gasteiger charge is -2.07. The van der Waals surface area contributed by atoms with Crippen LogP contribution in [0.25, 0.3) is 0 Å². The molecule has 0 heterocycles. The number of benzene rings is 1. The number of carbonyl (C=O) groups is 1. The van der Waals surface area contributed by atoms with Gasteiger partial charge in [0.15, 0.2) is 0 Å². The summed E-state index contributed by atoms with van der Waals surface area (Å²) in [5.74, 6) is -1.18. The van der Waals surface area contributed by atoms with Crippen molar-refractivity contribution in [2.75, 3.05) is 0 Å². The lowest BCUT2D eigenvalue weighted by Crippen LogP contribution is -2.07. The molecular formula is C11H14O2. The highest BCUT2D eigenvalue weighted by Gasteiger charge is 2.12. The van der Waals surface area contributed by atoms with E-state index < -0.39 is 11.9 Å². The molecule has 1 atom stereocenters. The molecular weight excluding hydrogens is 164 g/mol. The molecule has 0 amide bonds. The Bertz CT molecular complexity index is 305. The molecule has 2 nitrogen and oxygen atoms in total. The zero-order valence-electron chi connectivity index (χ0n) is 7.95. The van der Waals surface area contributed by atoms with Crippen molar-refractivity contribution in [2.45, 2.75) is 26.2 Å². The molecule has 1 aromatic carbocycles. The van der Waals surface area contributed by atoms with Gasteiger partial charge in [-0.05, 0) is 24.5 Å². The van der Waals surface area contributed by atoms with Gasteiger partial charge >= 0.3 is 5.97 Å². The van der Waals surface area contributed by atoms with Crippen LogP contribution < -0.4 is 0 Å². The first-order chi connectivity index (χ1) is 6.15. The number of hydrogen-bond acceptors (Lipinski definition) is 1. The van der Waals surface area contributed by atoms with Crippen LogP contribution in [-0.2, 0) is 11.2 Å². The van der Waals surface area contributed by atoms with Crippen molar-refractivity contribution in [2.24, 2.45) is 0 Å². The fourth-order valence-corrected chi connectivity index (χ4v) is 1.22. The van der Waals surface area contributed by atoms with Gasteiger partial charge in [-0.3, -0.25) is 4.79 Å². The number of rotatable bonds is 3. The van der Waals surface area contributed by atoms with Crippen LogP contribution in [0.5, 0.6) is 0 Å². The third kappa shape index (κ3) is 2.31. The minimum atomic E-state index is -0.770. The predicted molar refractivity (Wildman–Crippen MR) is 51.9 cm³/mol. The summed E-state index contributed by atoms with van der Waals surface area (Å²) in [7, 11) is 0. The monoisotopic (exact) mass is 178 g/mol. The fraction of sp³-hybridized carbons (Fsp3) is 0.364. The number of carboxylic acids is 1. The Kier molecular flexibility index (Phi) is 3.07. The number of aliphatic carboxylic acids is 1. The second kappa shape index (κ2) is 4.08. The summed E-state index contributed by atoms with van der Waals surface area (Å²) < 4.78 is 0. The van der Waals surface area contributed by atoms with Crippen molar-refractivity contribution in [1.29, 1.82) is 0 Å². The van der Waals surface area contributed by atoms with E-state index in [1.165, 1.54) is 5.56 Å². The molecule has 0 radical (unpaired) electrons. The molecule has 0 fully saturated rings. The van der Waals surface area contributed by atoms with Crippen LogP contribution in [-0.4, -0.2) is 11.1 Å². The Morgan fingerprint density at radius 2 is 2.23 bits per heavy atom. The van der Waals surface area contributed by atoms with E-state index in [4.69, 9.17) is 5.11 Å². The molecule has 0 saturated heterocycles. The van der Waals surface area contributed by atoms with Gasteiger partial charge in [-0.25, -0.2) is 0 Å². The Morgan fingerprint density at radius 3 is 2.77 bits per heavy atom. The summed E-state index contributed by atoms with van der Waals surface area (Å²) in [4.78, 5) is 10.7. The first kappa shape index (κ1) is 9.78. The van der Waals surface area contributed by atoms with Gasteiger partial charge in [-0.2, -0.15) is 0 Å². The minimum Gasteiger partial charge on any atom is -0.481 e. The predicted octanol–water partition coefficient (Wildman–Crippen LogP) is 2.44. The maximum absolute atomic E-state index is 10.7. The van der Waals surface area contributed by atoms with Gasteiger partial charge in [-0.1, -0.05) is 31.2 Å². The van der Waals surface area contributed by atoms with E-state index in [1.807, 2.05) is 24.3 Å². The van der Waals surface area contributed by atoms with Crippen molar-refractivity contribution in [1.82, 2.24) is 0 Å². The molecule has 1 N–H and O–H groups in total. The molecule has 0 saturated carbocycles. The Labute approximate surface area is 78.2 Å². The minimum absolute atomic E-state index is 0.411. The van der Waals surface area contributed by atoms with E-state index in [-0.39, 0.29) is 0 Å². The summed E-state index contributed by atoms with van der Waals surface area (Å²) >= 11 is 0. The van der Waals surface area contributed by atoms with Crippen LogP contribution in [0.1, 0.15) is 30.9 Å². The van der Waals surface area contributed by atoms with E-state index in [0.29, 0.717) is 0 Å². The van der Waals surface area contributed by atoms with Crippen molar-refractivity contribution in [3.8, 4) is 0 Å². The largest absolute Gasteiger partial charge is 0.481 e. The highest BCUT2D eigenvalue weighted by Crippen LogP contribution is 2.16. The second-order valence-electron chi connectivity index (χ2n) is 3.16. The van der Waals surface area contributed by atoms with Crippen molar-refractivity contribution in [3.05, 3.63) is 35.4 Å². The quantitative estimate of drug-likeness (QED) is 0.771. The fourth-order valence-electron chi connectivity index (χ4n) is 1.22. The highest BCUT2D eigenvalue weighted by atomic mass is 16.4. The Balaban J connectivity index is 2.94. The Hall–Kier alpha value is -1.31. The molecule has 1 aromatic rings. The molecule has 2 heteroatoms. The van der Waals surface area contributed by atoms with Crippen molar-refractivity contribution >= 4 is 5.97 Å². The van der Waals surface area contributed by atoms with Gasteiger partial charge < -0.3 is 5.11 Å². The highest BCUT2D eigenvalue weighted by molar-refractivity contribution is 5.75. The molecule has 0 aromatic heterocycles. The standard InChI is InChI=1S/C11H14O2/c1-3-9-5-4-6-10(7-9)8(2)11(12)13/h4-8H,3H2,1-2H3,(H,12,13)/t8-/m1/s1. The normalized spacial score (nSPS) is 12.5. The van der Waals surface area contributed by atoms with Gasteiger partial charge in [0.25, 0.3) is 0 Å². The van der Waals surface area contributed by atoms with E-state index in [9.17, 15) is 4.79 Å². The van der Waals surface area contributed by atoms with Crippen LogP contribution in [0.15, 0.2) is 24.3 Å². The van der Waals surface area contributed by atoms with Crippen LogP contribution in [0.3, 0.4) is 0 Å². The lowest BCUT2D eigenvalue weighted by molar-refractivity contribution is -0.138. The zero-order valence-corrected chi connectivity index (χ0v) is 7.95. The smallest absolute Gasteiger partial charge is 0.310 e. The maximum atomic E-state index is 10.7. The topological polar surface area (TPSA) is 37.3 Å². The summed E-state index contributed by atoms with van der Waals surface area (Å²) in [6, 6.07) is 7.74. The van der Waals surface area contributed by atoms with Crippen molar-refractivity contribution < 1.29 is 9.90 Å². The first-order valence-corrected chi connectivity index (χ1v) is 4.46. The molecule has 0 aliphatic heterocycles. The van der Waals surface area contributed by atoms with Crippen LogP contribution in [0.2, 0.25) is 0 Å². The summed E-state index contributed by atoms with van der Waals surface area (Å²) in [5.41, 5.74) is 2.07. The van der Waals surface area contributed by atoms with E-state index in [2.05, 4.69) is 6.92 Å².